The first-order valence-electron chi connectivity index (χ1n) is 10.2. The van der Waals surface area contributed by atoms with Gasteiger partial charge in [0.15, 0.2) is 24.0 Å². The number of hydrogen-bond acceptors (Lipinski definition) is 8. The third-order valence-corrected chi connectivity index (χ3v) is 6.69. The van der Waals surface area contributed by atoms with E-state index < -0.39 is 5.82 Å². The fourth-order valence-electron chi connectivity index (χ4n) is 3.17. The fraction of sp³-hybridized carbons (Fsp3) is 0.318. The van der Waals surface area contributed by atoms with Gasteiger partial charge in [-0.1, -0.05) is 23.4 Å². The number of morpholine rings is 1. The van der Waals surface area contributed by atoms with Crippen LogP contribution in [0.3, 0.4) is 0 Å². The zero-order valence-electron chi connectivity index (χ0n) is 17.4. The van der Waals surface area contributed by atoms with Gasteiger partial charge >= 0.3 is 0 Å². The lowest BCUT2D eigenvalue weighted by atomic mass is 10.0. The number of rotatable bonds is 9. The molecule has 1 fully saturated rings. The first-order chi connectivity index (χ1) is 16.0. The molecular weight excluding hydrogens is 584 g/mol. The molecule has 11 heteroatoms. The summed E-state index contributed by atoms with van der Waals surface area (Å²) < 4.78 is 32.0. The van der Waals surface area contributed by atoms with Gasteiger partial charge in [-0.15, -0.1) is 10.2 Å². The number of halogens is 3. The summed E-state index contributed by atoms with van der Waals surface area (Å²) in [7, 11) is 0. The van der Waals surface area contributed by atoms with Crippen molar-refractivity contribution >= 4 is 51.7 Å². The second kappa shape index (κ2) is 11.6. The summed E-state index contributed by atoms with van der Waals surface area (Å²) >= 11 is 9.80. The van der Waals surface area contributed by atoms with Crippen LogP contribution in [-0.2, 0) is 11.3 Å². The summed E-state index contributed by atoms with van der Waals surface area (Å²) in [6, 6.07) is 9.49. The minimum Gasteiger partial charge on any atom is -0.479 e. The van der Waals surface area contributed by atoms with Crippen LogP contribution in [0.25, 0.3) is 0 Å². The number of ether oxygens (including phenoxy) is 2. The monoisotopic (exact) mass is 603 g/mol. The van der Waals surface area contributed by atoms with Gasteiger partial charge in [0, 0.05) is 40.1 Å². The summed E-state index contributed by atoms with van der Waals surface area (Å²) in [4.78, 5) is 14.9. The van der Waals surface area contributed by atoms with Gasteiger partial charge in [0.25, 0.3) is 11.1 Å². The van der Waals surface area contributed by atoms with Crippen molar-refractivity contribution in [3.8, 4) is 5.75 Å². The molecule has 0 N–H and O–H groups in total. The van der Waals surface area contributed by atoms with Crippen LogP contribution in [0.5, 0.6) is 5.75 Å². The van der Waals surface area contributed by atoms with E-state index >= 15 is 0 Å². The number of nitrogens with zero attached hydrogens (tertiary/aromatic N) is 3. The predicted molar refractivity (Wildman–Crippen MR) is 131 cm³/mol. The largest absolute Gasteiger partial charge is 0.479 e. The van der Waals surface area contributed by atoms with Gasteiger partial charge in [0.1, 0.15) is 0 Å². The number of ketones is 1. The molecule has 1 aromatic heterocycles. The Bertz CT molecular complexity index is 1090. The Morgan fingerprint density at radius 2 is 1.94 bits per heavy atom. The Morgan fingerprint density at radius 3 is 2.67 bits per heavy atom. The Balaban J connectivity index is 1.33. The van der Waals surface area contributed by atoms with E-state index in [1.165, 1.54) is 17.8 Å². The SMILES string of the molecule is O=C(c1ccc(I)cc1)c1cc(F)c(OCc2nnc(SCCN3CCOCC3)o2)c(Cl)c1. The molecule has 33 heavy (non-hydrogen) atoms. The lowest BCUT2D eigenvalue weighted by Crippen LogP contribution is -2.37. The summed E-state index contributed by atoms with van der Waals surface area (Å²) in [5.74, 6) is -0.224. The number of carbonyl (C=O) groups is 1. The van der Waals surface area contributed by atoms with Crippen molar-refractivity contribution in [1.82, 2.24) is 15.1 Å². The van der Waals surface area contributed by atoms with E-state index in [4.69, 9.17) is 25.5 Å². The second-order valence-electron chi connectivity index (χ2n) is 7.16. The van der Waals surface area contributed by atoms with Crippen LogP contribution in [0.15, 0.2) is 46.0 Å². The fourth-order valence-corrected chi connectivity index (χ4v) is 4.57. The number of hydrogen-bond donors (Lipinski definition) is 0. The first-order valence-corrected chi connectivity index (χ1v) is 12.6. The third-order valence-electron chi connectivity index (χ3n) is 4.89. The van der Waals surface area contributed by atoms with Crippen LogP contribution in [-0.4, -0.2) is 59.5 Å². The van der Waals surface area contributed by atoms with Gasteiger partial charge in [0.2, 0.25) is 0 Å². The maximum absolute atomic E-state index is 14.7. The van der Waals surface area contributed by atoms with Gasteiger partial charge in [-0.3, -0.25) is 9.69 Å². The molecule has 1 aliphatic rings. The van der Waals surface area contributed by atoms with Crippen LogP contribution in [0.4, 0.5) is 4.39 Å². The molecule has 1 aliphatic heterocycles. The molecule has 3 aromatic rings. The zero-order valence-corrected chi connectivity index (χ0v) is 21.2. The smallest absolute Gasteiger partial charge is 0.276 e. The van der Waals surface area contributed by atoms with Gasteiger partial charge in [0.05, 0.1) is 18.2 Å². The van der Waals surface area contributed by atoms with Crippen LogP contribution < -0.4 is 4.74 Å². The molecule has 0 bridgehead atoms. The standard InChI is InChI=1S/C22H20ClFIN3O4S/c23-17-11-15(20(29)14-1-3-16(25)4-2-14)12-18(24)21(17)31-13-19-26-27-22(32-19)33-10-7-28-5-8-30-9-6-28/h1-4,11-12H,5-10,13H2. The van der Waals surface area contributed by atoms with Crippen molar-refractivity contribution in [3.05, 3.63) is 67.8 Å². The van der Waals surface area contributed by atoms with Crippen LogP contribution >= 0.6 is 46.0 Å². The zero-order chi connectivity index (χ0) is 23.2. The summed E-state index contributed by atoms with van der Waals surface area (Å²) in [5, 5.41) is 8.33. The van der Waals surface area contributed by atoms with Gasteiger partial charge in [-0.2, -0.15) is 0 Å². The molecule has 4 rings (SSSR count). The highest BCUT2D eigenvalue weighted by Crippen LogP contribution is 2.31. The highest BCUT2D eigenvalue weighted by Gasteiger charge is 2.18. The molecule has 7 nitrogen and oxygen atoms in total. The van der Waals surface area contributed by atoms with Crippen LogP contribution in [0.1, 0.15) is 21.8 Å². The van der Waals surface area contributed by atoms with Crippen LogP contribution in [0.2, 0.25) is 5.02 Å². The molecule has 0 amide bonds. The van der Waals surface area contributed by atoms with Gasteiger partial charge in [-0.05, 0) is 59.0 Å². The van der Waals surface area contributed by atoms with Gasteiger partial charge < -0.3 is 13.9 Å². The third kappa shape index (κ3) is 6.66. The normalized spacial score (nSPS) is 14.4. The van der Waals surface area contributed by atoms with E-state index in [1.807, 2.05) is 12.1 Å². The minimum atomic E-state index is -0.740. The Hall–Kier alpha value is -1.73. The second-order valence-corrected chi connectivity index (χ2v) is 9.86. The predicted octanol–water partition coefficient (Wildman–Crippen LogP) is 4.70. The molecule has 0 atom stereocenters. The quantitative estimate of drug-likeness (QED) is 0.198. The molecule has 1 saturated heterocycles. The minimum absolute atomic E-state index is 0.0107. The van der Waals surface area contributed by atoms with Crippen molar-refractivity contribution in [3.63, 3.8) is 0 Å². The molecule has 0 spiro atoms. The molecule has 0 unspecified atom stereocenters. The van der Waals surface area contributed by atoms with Crippen molar-refractivity contribution in [1.29, 1.82) is 0 Å². The summed E-state index contributed by atoms with van der Waals surface area (Å²) in [6.45, 7) is 4.11. The number of aromatic nitrogens is 2. The molecule has 2 heterocycles. The number of benzene rings is 2. The molecule has 0 aliphatic carbocycles. The highest BCUT2D eigenvalue weighted by atomic mass is 127. The number of carbonyl (C=O) groups excluding carboxylic acids is 1. The van der Waals surface area contributed by atoms with Crippen LogP contribution in [0, 0.1) is 9.39 Å². The van der Waals surface area contributed by atoms with Crippen molar-refractivity contribution in [2.45, 2.75) is 11.8 Å². The topological polar surface area (TPSA) is 77.7 Å². The maximum atomic E-state index is 14.7. The number of thioether (sulfide) groups is 1. The Labute approximate surface area is 213 Å². The first kappa shape index (κ1) is 24.4. The average Bonchev–Trinajstić information content (AvgIpc) is 3.27. The average molecular weight is 604 g/mol. The lowest BCUT2D eigenvalue weighted by molar-refractivity contribution is 0.0410. The van der Waals surface area contributed by atoms with Crippen molar-refractivity contribution in [2.24, 2.45) is 0 Å². The summed E-state index contributed by atoms with van der Waals surface area (Å²) in [5.41, 5.74) is 0.590. The highest BCUT2D eigenvalue weighted by molar-refractivity contribution is 14.1. The molecule has 0 radical (unpaired) electrons. The van der Waals surface area contributed by atoms with Crippen molar-refractivity contribution < 1.29 is 23.1 Å². The lowest BCUT2D eigenvalue weighted by Gasteiger charge is -2.25. The van der Waals surface area contributed by atoms with E-state index in [2.05, 4.69) is 37.7 Å². The molecule has 174 valence electrons. The van der Waals surface area contributed by atoms with E-state index in [0.29, 0.717) is 10.8 Å². The van der Waals surface area contributed by atoms with E-state index in [1.54, 1.807) is 12.1 Å². The molecule has 0 saturated carbocycles. The van der Waals surface area contributed by atoms with Gasteiger partial charge in [-0.25, -0.2) is 4.39 Å². The van der Waals surface area contributed by atoms with E-state index in [-0.39, 0.29) is 34.6 Å². The summed E-state index contributed by atoms with van der Waals surface area (Å²) in [6.07, 6.45) is 0. The van der Waals surface area contributed by atoms with E-state index in [9.17, 15) is 9.18 Å². The maximum Gasteiger partial charge on any atom is 0.276 e. The Morgan fingerprint density at radius 1 is 1.18 bits per heavy atom. The van der Waals surface area contributed by atoms with Crippen molar-refractivity contribution in [2.75, 3.05) is 38.6 Å². The Kier molecular flexibility index (Phi) is 8.58. The molecular formula is C22H20ClFIN3O4S. The molecule has 2 aromatic carbocycles. The van der Waals surface area contributed by atoms with E-state index in [0.717, 1.165) is 48.2 Å².